The molecule has 0 amide bonds. The number of benzene rings is 2. The topological polar surface area (TPSA) is 73.8 Å². The minimum absolute atomic E-state index is 0.173. The number of hydrogen-bond acceptors (Lipinski definition) is 8. The van der Waals surface area contributed by atoms with Gasteiger partial charge in [0.05, 0.1) is 13.2 Å². The predicted octanol–water partition coefficient (Wildman–Crippen LogP) is 6.86. The fraction of sp³-hybridized carbons (Fsp3) is 0.571. The van der Waals surface area contributed by atoms with Crippen LogP contribution in [0.5, 0.6) is 34.5 Å². The van der Waals surface area contributed by atoms with Gasteiger partial charge in [0, 0.05) is 41.5 Å². The first-order valence-electron chi connectivity index (χ1n) is 13.6. The van der Waals surface area contributed by atoms with E-state index in [-0.39, 0.29) is 13.6 Å². The molecule has 217 valence electrons. The highest BCUT2D eigenvalue weighted by Gasteiger charge is 2.15. The lowest BCUT2D eigenvalue weighted by Crippen LogP contribution is -2.22. The average Bonchev–Trinajstić information content (AvgIpc) is 2.85. The van der Waals surface area contributed by atoms with E-state index < -0.39 is 16.1 Å². The fourth-order valence-corrected chi connectivity index (χ4v) is 4.63. The monoisotopic (exact) mass is 577 g/mol. The first-order chi connectivity index (χ1) is 18.5. The van der Waals surface area contributed by atoms with Crippen LogP contribution in [0.15, 0.2) is 36.4 Å². The van der Waals surface area contributed by atoms with Crippen LogP contribution in [0.4, 0.5) is 0 Å². The molecule has 0 saturated carbocycles. The quantitative estimate of drug-likeness (QED) is 0.0961. The molecule has 0 unspecified atom stereocenters. The minimum Gasteiger partial charge on any atom is -0.526 e. The van der Waals surface area contributed by atoms with Crippen LogP contribution in [0.2, 0.25) is 51.4 Å². The summed E-state index contributed by atoms with van der Waals surface area (Å²) in [5, 5.41) is 0. The molecule has 39 heavy (non-hydrogen) atoms. The van der Waals surface area contributed by atoms with Crippen LogP contribution in [0.1, 0.15) is 13.8 Å². The van der Waals surface area contributed by atoms with E-state index in [1.54, 1.807) is 36.4 Å². The van der Waals surface area contributed by atoms with E-state index in [4.69, 9.17) is 37.7 Å². The third-order valence-electron chi connectivity index (χ3n) is 5.39. The van der Waals surface area contributed by atoms with Gasteiger partial charge in [-0.2, -0.15) is 0 Å². The van der Waals surface area contributed by atoms with Gasteiger partial charge in [0.15, 0.2) is 36.6 Å². The molecule has 0 saturated heterocycles. The van der Waals surface area contributed by atoms with E-state index in [1.807, 2.05) is 13.8 Å². The summed E-state index contributed by atoms with van der Waals surface area (Å²) in [6, 6.07) is 12.8. The first-order valence-corrected chi connectivity index (χ1v) is 21.0. The lowest BCUT2D eigenvalue weighted by Gasteiger charge is -2.17. The molecule has 8 nitrogen and oxygen atoms in total. The zero-order valence-corrected chi connectivity index (χ0v) is 27.0. The summed E-state index contributed by atoms with van der Waals surface area (Å²) in [7, 11) is -1.01. The summed E-state index contributed by atoms with van der Waals surface area (Å²) in [6.07, 6.45) is 0. The molecular formula is C28H46BO8Si2. The maximum Gasteiger partial charge on any atom is 0.658 e. The third kappa shape index (κ3) is 14.0. The van der Waals surface area contributed by atoms with Gasteiger partial charge in [0.25, 0.3) is 0 Å². The van der Waals surface area contributed by atoms with Gasteiger partial charge in [-0.1, -0.05) is 39.3 Å². The number of rotatable bonds is 20. The second-order valence-electron chi connectivity index (χ2n) is 11.4. The highest BCUT2D eigenvalue weighted by Crippen LogP contribution is 2.33. The third-order valence-corrected chi connectivity index (χ3v) is 8.79. The Morgan fingerprint density at radius 2 is 0.974 bits per heavy atom. The largest absolute Gasteiger partial charge is 0.658 e. The van der Waals surface area contributed by atoms with Crippen molar-refractivity contribution in [3.8, 4) is 34.5 Å². The number of hydrogen-bond donors (Lipinski definition) is 0. The van der Waals surface area contributed by atoms with Gasteiger partial charge in [-0.3, -0.25) is 0 Å². The minimum atomic E-state index is -1.13. The van der Waals surface area contributed by atoms with E-state index in [9.17, 15) is 0 Å². The second kappa shape index (κ2) is 16.7. The van der Waals surface area contributed by atoms with Crippen molar-refractivity contribution >= 4 is 23.8 Å². The molecule has 0 N–H and O–H groups in total. The number of ether oxygens (including phenoxy) is 6. The average molecular weight is 578 g/mol. The lowest BCUT2D eigenvalue weighted by atomic mass is 10.2. The standard InChI is InChI=1S/C28H46BO8Si2/c1-9-32-27-19-23(11-13-25(27)34-21-30-15-17-38(3,4)5)36-29-37-24-12-14-26(28(20-24)33-10-2)35-22-31-16-18-39(6,7)8/h11-14,19-20H,9-10,15-18,21-22H2,1-8H3. The van der Waals surface area contributed by atoms with Crippen LogP contribution in [-0.2, 0) is 9.47 Å². The van der Waals surface area contributed by atoms with Crippen molar-refractivity contribution in [3.63, 3.8) is 0 Å². The van der Waals surface area contributed by atoms with Crippen LogP contribution >= 0.6 is 0 Å². The second-order valence-corrected chi connectivity index (χ2v) is 22.6. The molecule has 0 bridgehead atoms. The summed E-state index contributed by atoms with van der Waals surface area (Å²) < 4.78 is 45.7. The van der Waals surface area contributed by atoms with E-state index in [0.29, 0.717) is 60.9 Å². The van der Waals surface area contributed by atoms with Crippen molar-refractivity contribution in [1.82, 2.24) is 0 Å². The predicted molar refractivity (Wildman–Crippen MR) is 161 cm³/mol. The highest BCUT2D eigenvalue weighted by atomic mass is 28.3. The van der Waals surface area contributed by atoms with Gasteiger partial charge in [-0.25, -0.2) is 0 Å². The van der Waals surface area contributed by atoms with Gasteiger partial charge >= 0.3 is 7.69 Å². The van der Waals surface area contributed by atoms with Crippen molar-refractivity contribution in [3.05, 3.63) is 36.4 Å². The molecular weight excluding hydrogens is 531 g/mol. The van der Waals surface area contributed by atoms with Crippen molar-refractivity contribution in [2.24, 2.45) is 0 Å². The van der Waals surface area contributed by atoms with Crippen LogP contribution in [-0.4, -0.2) is 63.8 Å². The summed E-state index contributed by atoms with van der Waals surface area (Å²) >= 11 is 0. The Bertz CT molecular complexity index is 902. The Hall–Kier alpha value is -2.34. The van der Waals surface area contributed by atoms with Gasteiger partial charge in [0.2, 0.25) is 0 Å². The summed E-state index contributed by atoms with van der Waals surface area (Å²) in [4.78, 5) is 0. The molecule has 0 heterocycles. The van der Waals surface area contributed by atoms with Gasteiger partial charge in [-0.05, 0) is 50.2 Å². The Kier molecular flexibility index (Phi) is 14.1. The van der Waals surface area contributed by atoms with Crippen LogP contribution in [0, 0.1) is 0 Å². The molecule has 2 aromatic rings. The highest BCUT2D eigenvalue weighted by molar-refractivity contribution is 6.76. The Morgan fingerprint density at radius 1 is 0.564 bits per heavy atom. The normalized spacial score (nSPS) is 11.6. The molecule has 11 heteroatoms. The summed E-state index contributed by atoms with van der Waals surface area (Å²) in [5.41, 5.74) is 0. The SMILES string of the molecule is CCOc1cc(O[B]Oc2ccc(OCOCC[Si](C)(C)C)c(OCC)c2)ccc1OCOCC[Si](C)(C)C. The van der Waals surface area contributed by atoms with E-state index >= 15 is 0 Å². The molecule has 0 fully saturated rings. The van der Waals surface area contributed by atoms with E-state index in [2.05, 4.69) is 39.3 Å². The molecule has 0 spiro atoms. The van der Waals surface area contributed by atoms with Crippen molar-refractivity contribution in [1.29, 1.82) is 0 Å². The first kappa shape index (κ1) is 32.9. The van der Waals surface area contributed by atoms with Crippen LogP contribution in [0.3, 0.4) is 0 Å². The van der Waals surface area contributed by atoms with Gasteiger partial charge in [-0.15, -0.1) is 0 Å². The Balaban J connectivity index is 1.87. The fourth-order valence-electron chi connectivity index (χ4n) is 3.12. The molecule has 1 radical (unpaired) electrons. The Labute approximate surface area is 237 Å². The van der Waals surface area contributed by atoms with E-state index in [0.717, 1.165) is 12.1 Å². The van der Waals surface area contributed by atoms with Gasteiger partial charge in [0.1, 0.15) is 11.5 Å². The summed E-state index contributed by atoms with van der Waals surface area (Å²) in [6.45, 7) is 20.5. The van der Waals surface area contributed by atoms with E-state index in [1.165, 1.54) is 7.69 Å². The molecule has 0 aliphatic carbocycles. The maximum atomic E-state index is 5.78. The molecule has 2 aromatic carbocycles. The zero-order chi connectivity index (χ0) is 28.7. The van der Waals surface area contributed by atoms with Crippen LogP contribution in [0.25, 0.3) is 0 Å². The van der Waals surface area contributed by atoms with Crippen molar-refractivity contribution in [2.45, 2.75) is 65.2 Å². The summed E-state index contributed by atoms with van der Waals surface area (Å²) in [5.74, 6) is 3.43. The lowest BCUT2D eigenvalue weighted by molar-refractivity contribution is 0.0200. The molecule has 0 aliphatic rings. The zero-order valence-electron chi connectivity index (χ0n) is 25.0. The Morgan fingerprint density at radius 3 is 1.33 bits per heavy atom. The molecule has 0 atom stereocenters. The van der Waals surface area contributed by atoms with Crippen LogP contribution < -0.4 is 28.3 Å². The van der Waals surface area contributed by atoms with Gasteiger partial charge < -0.3 is 37.7 Å². The van der Waals surface area contributed by atoms with Crippen molar-refractivity contribution in [2.75, 3.05) is 40.0 Å². The maximum absolute atomic E-state index is 5.78. The molecule has 0 aliphatic heterocycles. The molecule has 2 rings (SSSR count). The van der Waals surface area contributed by atoms with Crippen molar-refractivity contribution < 1.29 is 37.7 Å². The smallest absolute Gasteiger partial charge is 0.526 e. The molecule has 0 aromatic heterocycles.